The van der Waals surface area contributed by atoms with E-state index in [1.807, 2.05) is 18.2 Å². The fraction of sp³-hybridized carbons (Fsp3) is 0.600. The van der Waals surface area contributed by atoms with E-state index >= 15 is 0 Å². The van der Waals surface area contributed by atoms with Gasteiger partial charge in [-0.15, -0.1) is 0 Å². The fourth-order valence-electron chi connectivity index (χ4n) is 6.82. The molecule has 6 rings (SSSR count). The Morgan fingerprint density at radius 2 is 1.09 bits per heavy atom. The first-order chi connectivity index (χ1) is 21.4. The molecule has 250 valence electrons. The number of nitrogens with one attached hydrogen (secondary N) is 2. The molecular weight excluding hydrogens is 572 g/mol. The molecule has 0 bridgehead atoms. The lowest BCUT2D eigenvalue weighted by Gasteiger charge is -2.42. The Hall–Kier alpha value is -2.96. The Morgan fingerprint density at radius 1 is 0.609 bits per heavy atom. The molecule has 2 aromatic carbocycles. The molecule has 0 spiro atoms. The summed E-state index contributed by atoms with van der Waals surface area (Å²) in [5.74, 6) is 3.90. The minimum atomic E-state index is -0.0807. The first-order valence-corrected chi connectivity index (χ1v) is 17.4. The summed E-state index contributed by atoms with van der Waals surface area (Å²) >= 11 is 0. The van der Waals surface area contributed by atoms with Gasteiger partial charge in [0.1, 0.15) is 46.4 Å². The van der Waals surface area contributed by atoms with E-state index in [1.54, 1.807) is 0 Å². The van der Waals surface area contributed by atoms with Crippen LogP contribution in [0.5, 0.6) is 11.5 Å². The number of rotatable bonds is 11. The van der Waals surface area contributed by atoms with Gasteiger partial charge in [0.05, 0.1) is 0 Å². The molecule has 0 unspecified atom stereocenters. The summed E-state index contributed by atoms with van der Waals surface area (Å²) in [6.07, 6.45) is 6.74. The maximum absolute atomic E-state index is 6.39. The summed E-state index contributed by atoms with van der Waals surface area (Å²) in [6, 6.07) is 17.8. The highest BCUT2D eigenvalue weighted by atomic mass is 16.5. The highest BCUT2D eigenvalue weighted by Crippen LogP contribution is 2.38. The van der Waals surface area contributed by atoms with E-state index in [9.17, 15) is 0 Å². The van der Waals surface area contributed by atoms with Crippen molar-refractivity contribution in [3.63, 3.8) is 0 Å². The molecule has 6 nitrogen and oxygen atoms in total. The number of ether oxygens (including phenoxy) is 2. The van der Waals surface area contributed by atoms with Crippen LogP contribution in [0.2, 0.25) is 0 Å². The molecule has 2 fully saturated rings. The summed E-state index contributed by atoms with van der Waals surface area (Å²) in [4.78, 5) is 0. The van der Waals surface area contributed by atoms with E-state index < -0.39 is 0 Å². The van der Waals surface area contributed by atoms with Crippen LogP contribution in [0.25, 0.3) is 21.9 Å². The molecule has 0 aliphatic heterocycles. The van der Waals surface area contributed by atoms with Crippen molar-refractivity contribution >= 4 is 21.9 Å². The van der Waals surface area contributed by atoms with Crippen LogP contribution in [0, 0.1) is 0 Å². The SMILES string of the molecule is CC(C)(C)NC1CC(Oc2ccc3oc(C(C)(C)CCC(C)(C)NC4CC(Oc5ccc6oc(C(C)(C)C)cc6c5)C4)cc3c2)C1. The van der Waals surface area contributed by atoms with Gasteiger partial charge in [0.25, 0.3) is 0 Å². The van der Waals surface area contributed by atoms with Gasteiger partial charge in [-0.05, 0) is 122 Å². The molecule has 2 aliphatic rings. The van der Waals surface area contributed by atoms with Crippen LogP contribution in [-0.2, 0) is 10.8 Å². The summed E-state index contributed by atoms with van der Waals surface area (Å²) in [6.45, 7) is 22.4. The quantitative estimate of drug-likeness (QED) is 0.172. The second-order valence-electron chi connectivity index (χ2n) is 17.5. The zero-order chi connectivity index (χ0) is 33.1. The minimum absolute atomic E-state index is 0.00964. The van der Waals surface area contributed by atoms with Crippen molar-refractivity contribution in [1.82, 2.24) is 10.6 Å². The Balaban J connectivity index is 0.971. The van der Waals surface area contributed by atoms with Gasteiger partial charge < -0.3 is 28.9 Å². The molecule has 4 aromatic rings. The Labute approximate surface area is 276 Å². The molecule has 0 amide bonds. The van der Waals surface area contributed by atoms with E-state index in [0.717, 1.165) is 83.5 Å². The van der Waals surface area contributed by atoms with Gasteiger partial charge in [-0.2, -0.15) is 0 Å². The Morgan fingerprint density at radius 3 is 1.59 bits per heavy atom. The molecule has 46 heavy (non-hydrogen) atoms. The molecule has 2 saturated carbocycles. The van der Waals surface area contributed by atoms with Crippen molar-refractivity contribution in [1.29, 1.82) is 0 Å². The predicted molar refractivity (Wildman–Crippen MR) is 188 cm³/mol. The first-order valence-electron chi connectivity index (χ1n) is 17.4. The maximum atomic E-state index is 6.39. The summed E-state index contributed by atoms with van der Waals surface area (Å²) < 4.78 is 25.1. The average molecular weight is 629 g/mol. The van der Waals surface area contributed by atoms with Crippen LogP contribution in [0.3, 0.4) is 0 Å². The molecule has 6 heteroatoms. The Kier molecular flexibility index (Phi) is 8.55. The lowest BCUT2D eigenvalue weighted by molar-refractivity contribution is 0.0689. The zero-order valence-corrected chi connectivity index (χ0v) is 29.8. The van der Waals surface area contributed by atoms with Crippen LogP contribution in [-0.4, -0.2) is 35.4 Å². The second-order valence-corrected chi connectivity index (χ2v) is 17.5. The topological polar surface area (TPSA) is 68.8 Å². The predicted octanol–water partition coefficient (Wildman–Crippen LogP) is 9.81. The number of hydrogen-bond acceptors (Lipinski definition) is 6. The largest absolute Gasteiger partial charge is 0.490 e. The van der Waals surface area contributed by atoms with E-state index in [1.165, 1.54) is 0 Å². The summed E-state index contributed by atoms with van der Waals surface area (Å²) in [5.41, 5.74) is 1.91. The van der Waals surface area contributed by atoms with Gasteiger partial charge in [-0.1, -0.05) is 34.6 Å². The maximum Gasteiger partial charge on any atom is 0.134 e. The van der Waals surface area contributed by atoms with Crippen LogP contribution in [0.15, 0.2) is 57.4 Å². The monoisotopic (exact) mass is 628 g/mol. The molecule has 2 N–H and O–H groups in total. The molecule has 0 saturated heterocycles. The number of furan rings is 2. The third kappa shape index (κ3) is 7.77. The van der Waals surface area contributed by atoms with E-state index in [4.69, 9.17) is 18.3 Å². The molecule has 2 aromatic heterocycles. The zero-order valence-electron chi connectivity index (χ0n) is 29.8. The number of fused-ring (bicyclic) bond motifs is 2. The van der Waals surface area contributed by atoms with Crippen LogP contribution < -0.4 is 20.1 Å². The van der Waals surface area contributed by atoms with Gasteiger partial charge in [0.15, 0.2) is 0 Å². The smallest absolute Gasteiger partial charge is 0.134 e. The second kappa shape index (κ2) is 11.9. The van der Waals surface area contributed by atoms with Crippen molar-refractivity contribution < 1.29 is 18.3 Å². The van der Waals surface area contributed by atoms with Crippen molar-refractivity contribution in [2.24, 2.45) is 0 Å². The van der Waals surface area contributed by atoms with Gasteiger partial charge in [0.2, 0.25) is 0 Å². The van der Waals surface area contributed by atoms with E-state index in [2.05, 4.69) is 110 Å². The molecule has 2 aliphatic carbocycles. The Bertz CT molecular complexity index is 1650. The summed E-state index contributed by atoms with van der Waals surface area (Å²) in [5, 5.41) is 9.81. The molecule has 0 radical (unpaired) electrons. The third-order valence-corrected chi connectivity index (χ3v) is 9.78. The lowest BCUT2D eigenvalue weighted by atomic mass is 9.79. The van der Waals surface area contributed by atoms with Crippen LogP contribution in [0.1, 0.15) is 119 Å². The number of hydrogen-bond donors (Lipinski definition) is 2. The van der Waals surface area contributed by atoms with Gasteiger partial charge in [0, 0.05) is 44.8 Å². The third-order valence-electron chi connectivity index (χ3n) is 9.78. The fourth-order valence-corrected chi connectivity index (χ4v) is 6.82. The van der Waals surface area contributed by atoms with Crippen LogP contribution >= 0.6 is 0 Å². The minimum Gasteiger partial charge on any atom is -0.490 e. The van der Waals surface area contributed by atoms with E-state index in [-0.39, 0.29) is 34.1 Å². The van der Waals surface area contributed by atoms with Gasteiger partial charge >= 0.3 is 0 Å². The van der Waals surface area contributed by atoms with Crippen molar-refractivity contribution in [2.45, 2.75) is 154 Å². The highest BCUT2D eigenvalue weighted by molar-refractivity contribution is 5.80. The van der Waals surface area contributed by atoms with Gasteiger partial charge in [-0.3, -0.25) is 0 Å². The van der Waals surface area contributed by atoms with Crippen molar-refractivity contribution in [3.8, 4) is 11.5 Å². The van der Waals surface area contributed by atoms with Crippen LogP contribution in [0.4, 0.5) is 0 Å². The average Bonchev–Trinajstić information content (AvgIpc) is 3.53. The molecule has 0 atom stereocenters. The molecular formula is C40H56N2O4. The first kappa shape index (κ1) is 33.0. The van der Waals surface area contributed by atoms with Crippen molar-refractivity contribution in [2.75, 3.05) is 0 Å². The summed E-state index contributed by atoms with van der Waals surface area (Å²) in [7, 11) is 0. The highest BCUT2D eigenvalue weighted by Gasteiger charge is 2.36. The molecule has 2 heterocycles. The van der Waals surface area contributed by atoms with Gasteiger partial charge in [-0.25, -0.2) is 0 Å². The van der Waals surface area contributed by atoms with Crippen molar-refractivity contribution in [3.05, 3.63) is 60.1 Å². The van der Waals surface area contributed by atoms with E-state index in [0.29, 0.717) is 12.1 Å². The standard InChI is InChI=1S/C40H56N2O4/c1-37(2,3)35-19-25-17-29(11-13-33(25)45-35)44-32-23-28(24-32)42-40(9,10)16-15-39(7,8)36-20-26-18-30(12-14-34(26)46-36)43-31-21-27(22-31)41-38(4,5)6/h11-14,17-20,27-28,31-32,41-42H,15-16,21-24H2,1-10H3. The number of benzene rings is 2. The lowest BCUT2D eigenvalue weighted by Crippen LogP contribution is -2.54. The normalized spacial score (nSPS) is 22.6.